The smallest absolute Gasteiger partial charge is 0.308 e. The molecule has 1 aliphatic carbocycles. The van der Waals surface area contributed by atoms with Gasteiger partial charge in [-0.2, -0.15) is 4.31 Å². The number of amides is 1. The first-order valence-corrected chi connectivity index (χ1v) is 10.4. The number of hydrogen-bond acceptors (Lipinski definition) is 4. The van der Waals surface area contributed by atoms with Crippen LogP contribution in [0, 0.1) is 11.8 Å². The molecule has 0 radical (unpaired) electrons. The summed E-state index contributed by atoms with van der Waals surface area (Å²) in [5, 5.41) is 8.69. The second-order valence-electron chi connectivity index (χ2n) is 7.21. The van der Waals surface area contributed by atoms with Crippen molar-refractivity contribution in [3.8, 4) is 0 Å². The Balaban J connectivity index is 1.63. The van der Waals surface area contributed by atoms with Gasteiger partial charge in [-0.15, -0.1) is 0 Å². The Morgan fingerprint density at radius 1 is 1.12 bits per heavy atom. The molecule has 2 unspecified atom stereocenters. The maximum absolute atomic E-state index is 12.8. The van der Waals surface area contributed by atoms with Crippen LogP contribution in [-0.4, -0.2) is 65.5 Å². The minimum absolute atomic E-state index is 0.0696. The normalized spacial score (nSPS) is 29.8. The van der Waals surface area contributed by atoms with E-state index in [-0.39, 0.29) is 31.5 Å². The molecule has 2 heterocycles. The van der Waals surface area contributed by atoms with Crippen LogP contribution in [0.2, 0.25) is 0 Å². The van der Waals surface area contributed by atoms with Gasteiger partial charge >= 0.3 is 5.97 Å². The van der Waals surface area contributed by atoms with Crippen LogP contribution in [0.25, 0.3) is 0 Å². The largest absolute Gasteiger partial charge is 0.481 e. The zero-order chi connectivity index (χ0) is 17.5. The van der Waals surface area contributed by atoms with E-state index < -0.39 is 33.2 Å². The number of carboxylic acids is 1. The summed E-state index contributed by atoms with van der Waals surface area (Å²) in [4.78, 5) is 25.3. The molecule has 24 heavy (non-hydrogen) atoms. The maximum Gasteiger partial charge on any atom is 0.308 e. The van der Waals surface area contributed by atoms with Gasteiger partial charge in [-0.05, 0) is 25.7 Å². The van der Waals surface area contributed by atoms with Gasteiger partial charge in [0.15, 0.2) is 0 Å². The van der Waals surface area contributed by atoms with Gasteiger partial charge < -0.3 is 10.0 Å². The van der Waals surface area contributed by atoms with E-state index in [1.165, 1.54) is 4.31 Å². The van der Waals surface area contributed by atoms with Gasteiger partial charge in [-0.3, -0.25) is 9.59 Å². The van der Waals surface area contributed by atoms with Gasteiger partial charge in [0.1, 0.15) is 5.25 Å². The zero-order valence-corrected chi connectivity index (χ0v) is 14.9. The number of hydrogen-bond donors (Lipinski definition) is 1. The van der Waals surface area contributed by atoms with Crippen molar-refractivity contribution >= 4 is 21.9 Å². The lowest BCUT2D eigenvalue weighted by atomic mass is 9.99. The predicted molar refractivity (Wildman–Crippen MR) is 87.8 cm³/mol. The number of likely N-dealkylation sites (tertiary alicyclic amines) is 1. The number of sulfonamides is 1. The van der Waals surface area contributed by atoms with E-state index in [1.54, 1.807) is 4.90 Å². The third kappa shape index (κ3) is 2.94. The topological polar surface area (TPSA) is 95.0 Å². The summed E-state index contributed by atoms with van der Waals surface area (Å²) in [6.45, 7) is 2.60. The molecule has 7 nitrogen and oxygen atoms in total. The fourth-order valence-corrected chi connectivity index (χ4v) is 6.50. The molecule has 0 bridgehead atoms. The van der Waals surface area contributed by atoms with Gasteiger partial charge in [0, 0.05) is 31.6 Å². The third-order valence-electron chi connectivity index (χ3n) is 5.84. The lowest BCUT2D eigenvalue weighted by molar-refractivity contribution is -0.142. The number of nitrogens with zero attached hydrogens (tertiary/aromatic N) is 2. The number of aliphatic carboxylic acids is 1. The van der Waals surface area contributed by atoms with Crippen LogP contribution in [0.3, 0.4) is 0 Å². The molecule has 0 aromatic carbocycles. The average Bonchev–Trinajstić information content (AvgIpc) is 3.14. The minimum atomic E-state index is -3.54. The Hall–Kier alpha value is -1.15. The molecule has 3 rings (SSSR count). The van der Waals surface area contributed by atoms with Crippen LogP contribution in [0.5, 0.6) is 0 Å². The Kier molecular flexibility index (Phi) is 4.88. The third-order valence-corrected chi connectivity index (χ3v) is 8.09. The van der Waals surface area contributed by atoms with E-state index in [1.807, 2.05) is 6.92 Å². The summed E-state index contributed by atoms with van der Waals surface area (Å²) >= 11 is 0. The van der Waals surface area contributed by atoms with Gasteiger partial charge in [0.2, 0.25) is 15.9 Å². The van der Waals surface area contributed by atoms with E-state index in [9.17, 15) is 23.1 Å². The predicted octanol–water partition coefficient (Wildman–Crippen LogP) is 0.902. The number of carbonyl (C=O) groups excluding carboxylic acids is 1. The summed E-state index contributed by atoms with van der Waals surface area (Å²) in [5.74, 6) is -1.39. The van der Waals surface area contributed by atoms with Gasteiger partial charge in [-0.1, -0.05) is 19.8 Å². The van der Waals surface area contributed by atoms with E-state index in [0.717, 1.165) is 25.7 Å². The summed E-state index contributed by atoms with van der Waals surface area (Å²) in [6.07, 6.45) is 4.84. The van der Waals surface area contributed by atoms with Crippen molar-refractivity contribution in [1.29, 1.82) is 0 Å². The van der Waals surface area contributed by atoms with Crippen LogP contribution in [0.4, 0.5) is 0 Å². The lowest BCUT2D eigenvalue weighted by Crippen LogP contribution is -2.61. The standard InChI is InChI=1S/C16H26N2O5S/c1-2-14-13(16(20)21)7-8-18(14)24(22,23)12-9-17(10-12)15(19)11-5-3-4-6-11/h11-14H,2-10H2,1H3,(H,20,21). The Morgan fingerprint density at radius 2 is 1.75 bits per heavy atom. The molecule has 2 aliphatic heterocycles. The molecule has 136 valence electrons. The van der Waals surface area contributed by atoms with Crippen LogP contribution in [0.1, 0.15) is 45.4 Å². The summed E-state index contributed by atoms with van der Waals surface area (Å²) in [7, 11) is -3.54. The van der Waals surface area contributed by atoms with E-state index >= 15 is 0 Å². The molecule has 3 aliphatic rings. The molecule has 2 saturated heterocycles. The number of rotatable bonds is 5. The van der Waals surface area contributed by atoms with Gasteiger partial charge in [0.25, 0.3) is 0 Å². The second-order valence-corrected chi connectivity index (χ2v) is 9.38. The van der Waals surface area contributed by atoms with Crippen LogP contribution in [-0.2, 0) is 19.6 Å². The summed E-state index contributed by atoms with van der Waals surface area (Å²) in [5.41, 5.74) is 0. The molecule has 1 saturated carbocycles. The van der Waals surface area contributed by atoms with Crippen molar-refractivity contribution in [1.82, 2.24) is 9.21 Å². The Bertz CT molecular complexity index is 608. The second kappa shape index (κ2) is 6.63. The fraction of sp³-hybridized carbons (Fsp3) is 0.875. The maximum atomic E-state index is 12.8. The highest BCUT2D eigenvalue weighted by Gasteiger charge is 2.50. The van der Waals surface area contributed by atoms with E-state index in [0.29, 0.717) is 12.8 Å². The summed E-state index contributed by atoms with van der Waals surface area (Å²) < 4.78 is 27.1. The van der Waals surface area contributed by atoms with Crippen molar-refractivity contribution in [2.45, 2.75) is 56.7 Å². The molecule has 2 atom stereocenters. The van der Waals surface area contributed by atoms with Crippen molar-refractivity contribution in [2.24, 2.45) is 11.8 Å². The minimum Gasteiger partial charge on any atom is -0.481 e. The quantitative estimate of drug-likeness (QED) is 0.788. The highest BCUT2D eigenvalue weighted by molar-refractivity contribution is 7.89. The van der Waals surface area contributed by atoms with Gasteiger partial charge in [0.05, 0.1) is 5.92 Å². The van der Waals surface area contributed by atoms with E-state index in [4.69, 9.17) is 0 Å². The summed E-state index contributed by atoms with van der Waals surface area (Å²) in [6, 6.07) is -0.466. The lowest BCUT2D eigenvalue weighted by Gasteiger charge is -2.42. The van der Waals surface area contributed by atoms with Gasteiger partial charge in [-0.25, -0.2) is 8.42 Å². The molecule has 0 aromatic rings. The molecular formula is C16H26N2O5S. The monoisotopic (exact) mass is 358 g/mol. The van der Waals surface area contributed by atoms with Crippen molar-refractivity contribution in [3.63, 3.8) is 0 Å². The highest BCUT2D eigenvalue weighted by atomic mass is 32.2. The highest BCUT2D eigenvalue weighted by Crippen LogP contribution is 2.34. The molecular weight excluding hydrogens is 332 g/mol. The number of carboxylic acid groups (broad SMARTS) is 1. The number of carbonyl (C=O) groups is 2. The Labute approximate surface area is 143 Å². The molecule has 0 spiro atoms. The molecule has 1 N–H and O–H groups in total. The van der Waals surface area contributed by atoms with Crippen LogP contribution < -0.4 is 0 Å². The van der Waals surface area contributed by atoms with Crippen LogP contribution in [0.15, 0.2) is 0 Å². The molecule has 3 fully saturated rings. The molecule has 0 aromatic heterocycles. The molecule has 1 amide bonds. The first-order valence-electron chi connectivity index (χ1n) is 8.88. The zero-order valence-electron chi connectivity index (χ0n) is 14.1. The fourth-order valence-electron chi connectivity index (χ4n) is 4.35. The average molecular weight is 358 g/mol. The van der Waals surface area contributed by atoms with Crippen LogP contribution >= 0.6 is 0 Å². The SMILES string of the molecule is CCC1C(C(=O)O)CCN1S(=O)(=O)C1CN(C(=O)C2CCCC2)C1. The first kappa shape index (κ1) is 17.7. The van der Waals surface area contributed by atoms with Crippen molar-refractivity contribution in [3.05, 3.63) is 0 Å². The van der Waals surface area contributed by atoms with E-state index in [2.05, 4.69) is 0 Å². The van der Waals surface area contributed by atoms with Crippen molar-refractivity contribution < 1.29 is 23.1 Å². The Morgan fingerprint density at radius 3 is 2.29 bits per heavy atom. The molecule has 8 heteroatoms. The van der Waals surface area contributed by atoms with Crippen molar-refractivity contribution in [2.75, 3.05) is 19.6 Å². The first-order chi connectivity index (χ1) is 11.4.